The van der Waals surface area contributed by atoms with Crippen molar-refractivity contribution in [1.29, 1.82) is 0 Å². The van der Waals surface area contributed by atoms with E-state index in [1.165, 1.54) is 0 Å². The van der Waals surface area contributed by atoms with Crippen LogP contribution in [-0.2, 0) is 9.53 Å². The van der Waals surface area contributed by atoms with Crippen LogP contribution < -0.4 is 0 Å². The Balaban J connectivity index is 2.74. The first-order valence-electron chi connectivity index (χ1n) is 4.50. The average Bonchev–Trinajstić information content (AvgIpc) is 2.19. The van der Waals surface area contributed by atoms with Crippen molar-refractivity contribution < 1.29 is 9.53 Å². The second-order valence-corrected chi connectivity index (χ2v) is 2.80. The summed E-state index contributed by atoms with van der Waals surface area (Å²) in [6, 6.07) is 5.54. The molecule has 0 spiro atoms. The zero-order chi connectivity index (χ0) is 10.4. The fourth-order valence-corrected chi connectivity index (χ4v) is 0.987. The number of ether oxygens (including phenoxy) is 1. The summed E-state index contributed by atoms with van der Waals surface area (Å²) < 4.78 is 4.84. The quantitative estimate of drug-likeness (QED) is 0.542. The molecule has 0 saturated heterocycles. The number of nitrogens with zero attached hydrogens (tertiary/aromatic N) is 1. The molecule has 3 nitrogen and oxygen atoms in total. The van der Waals surface area contributed by atoms with Crippen molar-refractivity contribution in [2.75, 3.05) is 6.61 Å². The molecule has 0 amide bonds. The molecule has 0 radical (unpaired) electrons. The summed E-state index contributed by atoms with van der Waals surface area (Å²) in [5, 5.41) is 0. The van der Waals surface area contributed by atoms with E-state index in [9.17, 15) is 4.79 Å². The number of carbonyl (C=O) groups excluding carboxylic acids is 1. The van der Waals surface area contributed by atoms with E-state index in [1.54, 1.807) is 26.1 Å². The molecule has 0 fully saturated rings. The smallest absolute Gasteiger partial charge is 0.333 e. The highest BCUT2D eigenvalue weighted by atomic mass is 16.5. The molecule has 0 unspecified atom stereocenters. The number of rotatable bonds is 3. The van der Waals surface area contributed by atoms with Crippen LogP contribution in [0.25, 0.3) is 6.08 Å². The van der Waals surface area contributed by atoms with E-state index in [1.807, 2.05) is 18.2 Å². The minimum Gasteiger partial charge on any atom is -0.463 e. The molecule has 3 heteroatoms. The van der Waals surface area contributed by atoms with Crippen LogP contribution in [0.2, 0.25) is 0 Å². The molecule has 1 aromatic heterocycles. The minimum atomic E-state index is -0.293. The van der Waals surface area contributed by atoms with Gasteiger partial charge in [-0.05, 0) is 32.1 Å². The fourth-order valence-electron chi connectivity index (χ4n) is 0.987. The Kier molecular flexibility index (Phi) is 3.85. The van der Waals surface area contributed by atoms with Gasteiger partial charge in [0.15, 0.2) is 0 Å². The predicted molar refractivity (Wildman–Crippen MR) is 54.5 cm³/mol. The van der Waals surface area contributed by atoms with E-state index in [0.29, 0.717) is 12.2 Å². The maximum absolute atomic E-state index is 11.2. The summed E-state index contributed by atoms with van der Waals surface area (Å²) in [4.78, 5) is 15.3. The van der Waals surface area contributed by atoms with E-state index in [4.69, 9.17) is 4.74 Å². The van der Waals surface area contributed by atoms with Crippen molar-refractivity contribution in [2.45, 2.75) is 13.8 Å². The summed E-state index contributed by atoms with van der Waals surface area (Å²) in [5.74, 6) is -0.293. The Hall–Kier alpha value is -1.64. The zero-order valence-corrected chi connectivity index (χ0v) is 8.36. The third kappa shape index (κ3) is 3.01. The molecule has 1 heterocycles. The van der Waals surface area contributed by atoms with Gasteiger partial charge in [0.1, 0.15) is 0 Å². The molecule has 1 rings (SSSR count). The maximum atomic E-state index is 11.2. The van der Waals surface area contributed by atoms with Gasteiger partial charge in [-0.2, -0.15) is 0 Å². The molecule has 0 aromatic carbocycles. The summed E-state index contributed by atoms with van der Waals surface area (Å²) in [6.07, 6.45) is 3.39. The van der Waals surface area contributed by atoms with Gasteiger partial charge in [-0.25, -0.2) is 4.79 Å². The minimum absolute atomic E-state index is 0.293. The molecule has 74 valence electrons. The average molecular weight is 191 g/mol. The van der Waals surface area contributed by atoms with Gasteiger partial charge in [-0.3, -0.25) is 4.98 Å². The van der Waals surface area contributed by atoms with E-state index in [2.05, 4.69) is 4.98 Å². The van der Waals surface area contributed by atoms with Crippen LogP contribution in [0.15, 0.2) is 30.0 Å². The Bertz CT molecular complexity index is 330. The van der Waals surface area contributed by atoms with Crippen molar-refractivity contribution >= 4 is 12.0 Å². The monoisotopic (exact) mass is 191 g/mol. The standard InChI is InChI=1S/C11H13NO2/c1-3-14-11(13)9(2)8-10-6-4-5-7-12-10/h4-8H,3H2,1-2H3/b9-8-. The highest BCUT2D eigenvalue weighted by molar-refractivity contribution is 5.92. The van der Waals surface area contributed by atoms with E-state index in [-0.39, 0.29) is 5.97 Å². The molecule has 0 N–H and O–H groups in total. The predicted octanol–water partition coefficient (Wildman–Crippen LogP) is 2.05. The topological polar surface area (TPSA) is 39.2 Å². The van der Waals surface area contributed by atoms with Crippen molar-refractivity contribution in [3.05, 3.63) is 35.7 Å². The summed E-state index contributed by atoms with van der Waals surface area (Å²) >= 11 is 0. The highest BCUT2D eigenvalue weighted by Gasteiger charge is 2.03. The number of pyridine rings is 1. The van der Waals surface area contributed by atoms with E-state index >= 15 is 0 Å². The first kappa shape index (κ1) is 10.4. The van der Waals surface area contributed by atoms with Gasteiger partial charge in [0.2, 0.25) is 0 Å². The van der Waals surface area contributed by atoms with Gasteiger partial charge >= 0.3 is 5.97 Å². The Morgan fingerprint density at radius 1 is 1.57 bits per heavy atom. The lowest BCUT2D eigenvalue weighted by Gasteiger charge is -2.00. The molecule has 0 aliphatic heterocycles. The first-order valence-corrected chi connectivity index (χ1v) is 4.50. The lowest BCUT2D eigenvalue weighted by molar-refractivity contribution is -0.138. The summed E-state index contributed by atoms with van der Waals surface area (Å²) in [7, 11) is 0. The van der Waals surface area contributed by atoms with Crippen molar-refractivity contribution in [2.24, 2.45) is 0 Å². The van der Waals surface area contributed by atoms with E-state index in [0.717, 1.165) is 5.69 Å². The van der Waals surface area contributed by atoms with E-state index < -0.39 is 0 Å². The molecule has 0 saturated carbocycles. The van der Waals surface area contributed by atoms with Crippen LogP contribution in [0.1, 0.15) is 19.5 Å². The van der Waals surface area contributed by atoms with Gasteiger partial charge in [-0.15, -0.1) is 0 Å². The largest absolute Gasteiger partial charge is 0.463 e. The van der Waals surface area contributed by atoms with Crippen LogP contribution in [0.5, 0.6) is 0 Å². The number of hydrogen-bond acceptors (Lipinski definition) is 3. The van der Waals surface area contributed by atoms with Crippen LogP contribution in [0.4, 0.5) is 0 Å². The summed E-state index contributed by atoms with van der Waals surface area (Å²) in [5.41, 5.74) is 1.32. The third-order valence-corrected chi connectivity index (χ3v) is 1.65. The SMILES string of the molecule is CCOC(=O)/C(C)=C\c1ccccn1. The van der Waals surface area contributed by atoms with Gasteiger partial charge in [0, 0.05) is 11.8 Å². The zero-order valence-electron chi connectivity index (χ0n) is 8.36. The molecule has 0 bridgehead atoms. The number of esters is 1. The van der Waals surface area contributed by atoms with Crippen LogP contribution in [0, 0.1) is 0 Å². The van der Waals surface area contributed by atoms with Crippen LogP contribution in [0.3, 0.4) is 0 Å². The lowest BCUT2D eigenvalue weighted by atomic mass is 10.2. The van der Waals surface area contributed by atoms with Crippen molar-refractivity contribution in [1.82, 2.24) is 4.98 Å². The molecule has 14 heavy (non-hydrogen) atoms. The summed E-state index contributed by atoms with van der Waals surface area (Å²) in [6.45, 7) is 3.89. The second-order valence-electron chi connectivity index (χ2n) is 2.80. The molecule has 0 aliphatic rings. The highest BCUT2D eigenvalue weighted by Crippen LogP contribution is 2.04. The Morgan fingerprint density at radius 3 is 2.93 bits per heavy atom. The van der Waals surface area contributed by atoms with Gasteiger partial charge in [0.25, 0.3) is 0 Å². The van der Waals surface area contributed by atoms with Crippen LogP contribution in [-0.4, -0.2) is 17.6 Å². The van der Waals surface area contributed by atoms with Gasteiger partial charge in [0.05, 0.1) is 12.3 Å². The Labute approximate surface area is 83.4 Å². The normalized spacial score (nSPS) is 11.1. The fraction of sp³-hybridized carbons (Fsp3) is 0.273. The molecule has 1 aromatic rings. The van der Waals surface area contributed by atoms with Crippen molar-refractivity contribution in [3.8, 4) is 0 Å². The number of carbonyl (C=O) groups is 1. The lowest BCUT2D eigenvalue weighted by Crippen LogP contribution is -2.04. The second kappa shape index (κ2) is 5.17. The molecule has 0 aliphatic carbocycles. The number of aromatic nitrogens is 1. The third-order valence-electron chi connectivity index (χ3n) is 1.65. The Morgan fingerprint density at radius 2 is 2.36 bits per heavy atom. The molecular formula is C11H13NO2. The maximum Gasteiger partial charge on any atom is 0.333 e. The molecule has 0 atom stereocenters. The van der Waals surface area contributed by atoms with Gasteiger partial charge < -0.3 is 4.74 Å². The van der Waals surface area contributed by atoms with Gasteiger partial charge in [-0.1, -0.05) is 6.07 Å². The number of hydrogen-bond donors (Lipinski definition) is 0. The molecular weight excluding hydrogens is 178 g/mol. The van der Waals surface area contributed by atoms with Crippen molar-refractivity contribution in [3.63, 3.8) is 0 Å². The van der Waals surface area contributed by atoms with Crippen LogP contribution >= 0.6 is 0 Å². The first-order chi connectivity index (χ1) is 6.74.